The van der Waals surface area contributed by atoms with Gasteiger partial charge in [0.05, 0.1) is 11.6 Å². The minimum absolute atomic E-state index is 0.0509. The number of aliphatic hydroxyl groups excluding tert-OH is 1. The van der Waals surface area contributed by atoms with Crippen LogP contribution < -0.4 is 4.72 Å². The van der Waals surface area contributed by atoms with E-state index in [-0.39, 0.29) is 18.2 Å². The minimum atomic E-state index is -3.61. The van der Waals surface area contributed by atoms with E-state index in [4.69, 9.17) is 5.11 Å². The van der Waals surface area contributed by atoms with Gasteiger partial charge >= 0.3 is 0 Å². The highest BCUT2D eigenvalue weighted by atomic mass is 32.2. The van der Waals surface area contributed by atoms with Crippen molar-refractivity contribution in [2.24, 2.45) is 0 Å². The van der Waals surface area contributed by atoms with Crippen molar-refractivity contribution in [1.82, 2.24) is 14.7 Å². The van der Waals surface area contributed by atoms with E-state index in [0.29, 0.717) is 12.0 Å². The van der Waals surface area contributed by atoms with Crippen molar-refractivity contribution in [3.8, 4) is 0 Å². The number of pyridine rings is 1. The van der Waals surface area contributed by atoms with Gasteiger partial charge in [0.15, 0.2) is 5.03 Å². The van der Waals surface area contributed by atoms with Gasteiger partial charge in [-0.1, -0.05) is 6.07 Å². The average molecular weight is 313 g/mol. The SMILES string of the molecule is Cc1csc(CCNS(=O)(=O)c2ccc(CO)cn2)n1. The molecule has 0 bridgehead atoms. The Morgan fingerprint density at radius 1 is 1.40 bits per heavy atom. The molecule has 108 valence electrons. The van der Waals surface area contributed by atoms with Gasteiger partial charge in [0.25, 0.3) is 10.0 Å². The number of aliphatic hydroxyl groups is 1. The second-order valence-corrected chi connectivity index (χ2v) is 6.85. The summed E-state index contributed by atoms with van der Waals surface area (Å²) in [6.45, 7) is 2.01. The number of aryl methyl sites for hydroxylation is 1. The zero-order valence-electron chi connectivity index (χ0n) is 10.9. The summed E-state index contributed by atoms with van der Waals surface area (Å²) in [4.78, 5) is 8.09. The number of thiazole rings is 1. The van der Waals surface area contributed by atoms with Crippen molar-refractivity contribution in [3.05, 3.63) is 40.0 Å². The van der Waals surface area contributed by atoms with Crippen molar-refractivity contribution in [3.63, 3.8) is 0 Å². The first-order chi connectivity index (χ1) is 9.51. The van der Waals surface area contributed by atoms with Crippen molar-refractivity contribution in [2.75, 3.05) is 6.54 Å². The van der Waals surface area contributed by atoms with Crippen molar-refractivity contribution >= 4 is 21.4 Å². The number of hydrogen-bond acceptors (Lipinski definition) is 6. The van der Waals surface area contributed by atoms with Gasteiger partial charge in [0, 0.05) is 30.2 Å². The van der Waals surface area contributed by atoms with Gasteiger partial charge < -0.3 is 5.11 Å². The molecule has 2 aromatic rings. The molecule has 0 aromatic carbocycles. The molecule has 0 atom stereocenters. The molecule has 0 spiro atoms. The molecule has 2 rings (SSSR count). The summed E-state index contributed by atoms with van der Waals surface area (Å²) in [6, 6.07) is 2.91. The van der Waals surface area contributed by atoms with E-state index >= 15 is 0 Å². The zero-order valence-corrected chi connectivity index (χ0v) is 12.5. The van der Waals surface area contributed by atoms with Crippen molar-refractivity contribution in [2.45, 2.75) is 25.0 Å². The molecule has 0 radical (unpaired) electrons. The summed E-state index contributed by atoms with van der Waals surface area (Å²) in [6.07, 6.45) is 1.89. The molecule has 8 heteroatoms. The van der Waals surface area contributed by atoms with E-state index < -0.39 is 10.0 Å². The van der Waals surface area contributed by atoms with Gasteiger partial charge in [-0.2, -0.15) is 0 Å². The van der Waals surface area contributed by atoms with E-state index in [1.165, 1.54) is 29.7 Å². The predicted molar refractivity (Wildman–Crippen MR) is 75.9 cm³/mol. The molecular weight excluding hydrogens is 298 g/mol. The zero-order chi connectivity index (χ0) is 14.6. The third kappa shape index (κ3) is 3.83. The third-order valence-corrected chi connectivity index (χ3v) is 4.96. The van der Waals surface area contributed by atoms with Gasteiger partial charge in [-0.3, -0.25) is 0 Å². The Bertz CT molecular complexity index is 666. The first-order valence-corrected chi connectivity index (χ1v) is 8.34. The summed E-state index contributed by atoms with van der Waals surface area (Å²) in [7, 11) is -3.61. The number of hydrogen-bond donors (Lipinski definition) is 2. The maximum absolute atomic E-state index is 12.0. The molecule has 6 nitrogen and oxygen atoms in total. The van der Waals surface area contributed by atoms with E-state index in [1.54, 1.807) is 0 Å². The molecule has 0 unspecified atom stereocenters. The standard InChI is InChI=1S/C12H15N3O3S2/c1-9-8-19-11(15-9)4-5-14-20(17,18)12-3-2-10(7-16)6-13-12/h2-3,6,8,14,16H,4-5,7H2,1H3. The monoisotopic (exact) mass is 313 g/mol. The summed E-state index contributed by atoms with van der Waals surface area (Å²) in [5.41, 5.74) is 1.51. The summed E-state index contributed by atoms with van der Waals surface area (Å²) in [5.74, 6) is 0. The lowest BCUT2D eigenvalue weighted by molar-refractivity contribution is 0.281. The van der Waals surface area contributed by atoms with Crippen LogP contribution in [0.1, 0.15) is 16.3 Å². The molecule has 0 saturated carbocycles. The maximum atomic E-state index is 12.0. The Morgan fingerprint density at radius 2 is 2.20 bits per heavy atom. The summed E-state index contributed by atoms with van der Waals surface area (Å²) >= 11 is 1.51. The summed E-state index contributed by atoms with van der Waals surface area (Å²) < 4.78 is 26.4. The highest BCUT2D eigenvalue weighted by Gasteiger charge is 2.15. The number of nitrogens with zero attached hydrogens (tertiary/aromatic N) is 2. The fraction of sp³-hybridized carbons (Fsp3) is 0.333. The number of nitrogens with one attached hydrogen (secondary N) is 1. The van der Waals surface area contributed by atoms with Crippen LogP contribution in [0.5, 0.6) is 0 Å². The number of rotatable bonds is 6. The van der Waals surface area contributed by atoms with Gasteiger partial charge in [-0.25, -0.2) is 23.1 Å². The first kappa shape index (κ1) is 15.0. The predicted octanol–water partition coefficient (Wildman–Crippen LogP) is 0.860. The molecular formula is C12H15N3O3S2. The van der Waals surface area contributed by atoms with Crippen LogP contribution in [0.4, 0.5) is 0 Å². The maximum Gasteiger partial charge on any atom is 0.258 e. The van der Waals surface area contributed by atoms with Crippen LogP contribution in [0.25, 0.3) is 0 Å². The quantitative estimate of drug-likeness (QED) is 0.825. The lowest BCUT2D eigenvalue weighted by Crippen LogP contribution is -2.26. The minimum Gasteiger partial charge on any atom is -0.392 e. The van der Waals surface area contributed by atoms with Crippen LogP contribution >= 0.6 is 11.3 Å². The van der Waals surface area contributed by atoms with Gasteiger partial charge in [0.2, 0.25) is 0 Å². The molecule has 2 N–H and O–H groups in total. The second-order valence-electron chi connectivity index (χ2n) is 4.19. The van der Waals surface area contributed by atoms with Crippen LogP contribution in [-0.4, -0.2) is 30.0 Å². The molecule has 2 aromatic heterocycles. The molecule has 0 aliphatic rings. The largest absolute Gasteiger partial charge is 0.392 e. The number of aromatic nitrogens is 2. The van der Waals surface area contributed by atoms with Crippen LogP contribution in [0.2, 0.25) is 0 Å². The molecule has 0 fully saturated rings. The van der Waals surface area contributed by atoms with Crippen molar-refractivity contribution < 1.29 is 13.5 Å². The lowest BCUT2D eigenvalue weighted by Gasteiger charge is -2.05. The number of sulfonamides is 1. The van der Waals surface area contributed by atoms with Crippen LogP contribution in [-0.2, 0) is 23.1 Å². The Balaban J connectivity index is 1.96. The second kappa shape index (κ2) is 6.40. The van der Waals surface area contributed by atoms with Gasteiger partial charge in [-0.15, -0.1) is 11.3 Å². The normalized spacial score (nSPS) is 11.7. The topological polar surface area (TPSA) is 92.2 Å². The molecule has 0 aliphatic heterocycles. The van der Waals surface area contributed by atoms with E-state index in [1.807, 2.05) is 12.3 Å². The van der Waals surface area contributed by atoms with Crippen LogP contribution in [0.15, 0.2) is 28.7 Å². The van der Waals surface area contributed by atoms with E-state index in [2.05, 4.69) is 14.7 Å². The fourth-order valence-corrected chi connectivity index (χ4v) is 3.28. The van der Waals surface area contributed by atoms with Gasteiger partial charge in [-0.05, 0) is 18.6 Å². The van der Waals surface area contributed by atoms with Crippen LogP contribution in [0, 0.1) is 6.92 Å². The molecule has 0 aliphatic carbocycles. The van der Waals surface area contributed by atoms with Crippen molar-refractivity contribution in [1.29, 1.82) is 0 Å². The first-order valence-electron chi connectivity index (χ1n) is 5.98. The Labute approximate surface area is 121 Å². The summed E-state index contributed by atoms with van der Waals surface area (Å²) in [5, 5.41) is 11.7. The highest BCUT2D eigenvalue weighted by molar-refractivity contribution is 7.89. The molecule has 20 heavy (non-hydrogen) atoms. The Kier molecular flexibility index (Phi) is 4.81. The molecule has 0 amide bonds. The smallest absolute Gasteiger partial charge is 0.258 e. The highest BCUT2D eigenvalue weighted by Crippen LogP contribution is 2.10. The van der Waals surface area contributed by atoms with Gasteiger partial charge in [0.1, 0.15) is 0 Å². The third-order valence-electron chi connectivity index (χ3n) is 2.55. The lowest BCUT2D eigenvalue weighted by atomic mass is 10.3. The molecule has 2 heterocycles. The Morgan fingerprint density at radius 3 is 2.75 bits per heavy atom. The van der Waals surface area contributed by atoms with Crippen LogP contribution in [0.3, 0.4) is 0 Å². The van der Waals surface area contributed by atoms with E-state index in [0.717, 1.165) is 10.7 Å². The molecule has 0 saturated heterocycles. The average Bonchev–Trinajstić information content (AvgIpc) is 2.84. The van der Waals surface area contributed by atoms with E-state index in [9.17, 15) is 8.42 Å². The Hall–Kier alpha value is -1.35. The fourth-order valence-electron chi connectivity index (χ4n) is 1.55.